The van der Waals surface area contributed by atoms with Gasteiger partial charge >= 0.3 is 5.97 Å². The minimum atomic E-state index is -0.649. The molecule has 0 rings (SSSR count). The number of hydrogen-bond donors (Lipinski definition) is 2. The second-order valence-corrected chi connectivity index (χ2v) is 3.76. The van der Waals surface area contributed by atoms with Gasteiger partial charge in [-0.3, -0.25) is 0 Å². The van der Waals surface area contributed by atoms with E-state index in [1.165, 1.54) is 0 Å². The van der Waals surface area contributed by atoms with Crippen LogP contribution in [0.5, 0.6) is 0 Å². The number of nitrogens with zero attached hydrogens (tertiary/aromatic N) is 1. The number of esters is 1. The average molecular weight is 187 g/mol. The van der Waals surface area contributed by atoms with Crippen molar-refractivity contribution in [3.8, 4) is 0 Å². The predicted octanol–water partition coefficient (Wildman–Crippen LogP) is -0.01000. The fourth-order valence-electron chi connectivity index (χ4n) is 0.663. The first-order valence-electron chi connectivity index (χ1n) is 4.04. The third-order valence-corrected chi connectivity index (χ3v) is 1.09. The smallest absolute Gasteiger partial charge is 0.331 e. The number of rotatable bonds is 2. The van der Waals surface area contributed by atoms with Gasteiger partial charge < -0.3 is 16.2 Å². The lowest BCUT2D eigenvalue weighted by atomic mass is 10.2. The highest BCUT2D eigenvalue weighted by Gasteiger charge is 2.20. The summed E-state index contributed by atoms with van der Waals surface area (Å²) in [6, 6.07) is -0.649. The van der Waals surface area contributed by atoms with Gasteiger partial charge in [0.2, 0.25) is 0 Å². The molecule has 0 saturated carbocycles. The van der Waals surface area contributed by atoms with Crippen LogP contribution < -0.4 is 11.5 Å². The molecule has 4 N–H and O–H groups in total. The molecule has 0 aromatic carbocycles. The normalized spacial score (nSPS) is 13.2. The van der Waals surface area contributed by atoms with Crippen LogP contribution in [0.2, 0.25) is 0 Å². The summed E-state index contributed by atoms with van der Waals surface area (Å²) in [7, 11) is 0. The Bertz CT molecular complexity index is 214. The van der Waals surface area contributed by atoms with E-state index in [1.54, 1.807) is 27.7 Å². The Morgan fingerprint density at radius 1 is 1.38 bits per heavy atom. The molecule has 0 aliphatic rings. The Balaban J connectivity index is 4.21. The number of carbonyl (C=O) groups is 1. The largest absolute Gasteiger partial charge is 0.458 e. The van der Waals surface area contributed by atoms with E-state index in [0.717, 1.165) is 0 Å². The molecular formula is C8H17N3O2. The average Bonchev–Trinajstić information content (AvgIpc) is 1.81. The van der Waals surface area contributed by atoms with Crippen molar-refractivity contribution in [1.82, 2.24) is 0 Å². The van der Waals surface area contributed by atoms with Gasteiger partial charge in [0.15, 0.2) is 5.96 Å². The first kappa shape index (κ1) is 11.7. The second kappa shape index (κ2) is 4.11. The van der Waals surface area contributed by atoms with Crippen molar-refractivity contribution in [2.24, 2.45) is 16.5 Å². The molecule has 0 amide bonds. The lowest BCUT2D eigenvalue weighted by Gasteiger charge is -2.20. The molecule has 0 bridgehead atoms. The maximum absolute atomic E-state index is 11.3. The standard InChI is InChI=1S/C8H17N3O2/c1-5(11-7(9)10)6(12)13-8(2,3)4/h5H,1-4H3,(H4,9,10,11). The van der Waals surface area contributed by atoms with Gasteiger partial charge in [-0.05, 0) is 27.7 Å². The van der Waals surface area contributed by atoms with E-state index < -0.39 is 17.6 Å². The Labute approximate surface area is 78.1 Å². The summed E-state index contributed by atoms with van der Waals surface area (Å²) in [6.45, 7) is 6.93. The molecule has 0 aliphatic carbocycles. The van der Waals surface area contributed by atoms with Crippen molar-refractivity contribution in [2.75, 3.05) is 0 Å². The summed E-state index contributed by atoms with van der Waals surface area (Å²) in [5, 5.41) is 0. The third kappa shape index (κ3) is 5.95. The van der Waals surface area contributed by atoms with Gasteiger partial charge in [0, 0.05) is 0 Å². The van der Waals surface area contributed by atoms with E-state index in [0.29, 0.717) is 0 Å². The van der Waals surface area contributed by atoms with Crippen LogP contribution in [0.3, 0.4) is 0 Å². The number of hydrogen-bond acceptors (Lipinski definition) is 3. The number of aliphatic imine (C=N–C) groups is 1. The van der Waals surface area contributed by atoms with Crippen LogP contribution >= 0.6 is 0 Å². The van der Waals surface area contributed by atoms with Crippen molar-refractivity contribution in [3.63, 3.8) is 0 Å². The maximum atomic E-state index is 11.3. The lowest BCUT2D eigenvalue weighted by molar-refractivity contribution is -0.155. The van der Waals surface area contributed by atoms with Crippen LogP contribution in [-0.4, -0.2) is 23.6 Å². The minimum Gasteiger partial charge on any atom is -0.458 e. The van der Waals surface area contributed by atoms with Gasteiger partial charge in [-0.15, -0.1) is 0 Å². The van der Waals surface area contributed by atoms with Gasteiger partial charge in [0.05, 0.1) is 0 Å². The molecule has 0 radical (unpaired) electrons. The third-order valence-electron chi connectivity index (χ3n) is 1.09. The van der Waals surface area contributed by atoms with Crippen LogP contribution in [-0.2, 0) is 9.53 Å². The van der Waals surface area contributed by atoms with E-state index in [4.69, 9.17) is 16.2 Å². The number of carbonyl (C=O) groups excluding carboxylic acids is 1. The van der Waals surface area contributed by atoms with Gasteiger partial charge in [0.1, 0.15) is 11.6 Å². The molecule has 0 aromatic heterocycles. The number of ether oxygens (including phenoxy) is 1. The van der Waals surface area contributed by atoms with Gasteiger partial charge in [-0.2, -0.15) is 0 Å². The molecule has 0 aromatic rings. The van der Waals surface area contributed by atoms with Crippen LogP contribution in [0, 0.1) is 0 Å². The zero-order valence-corrected chi connectivity index (χ0v) is 8.50. The lowest BCUT2D eigenvalue weighted by Crippen LogP contribution is -2.32. The SMILES string of the molecule is CC(N=C(N)N)C(=O)OC(C)(C)C. The quantitative estimate of drug-likeness (QED) is 0.361. The summed E-state index contributed by atoms with van der Waals surface area (Å²) in [5.41, 5.74) is 9.72. The summed E-state index contributed by atoms with van der Waals surface area (Å²) in [4.78, 5) is 14.9. The maximum Gasteiger partial charge on any atom is 0.331 e. The first-order valence-corrected chi connectivity index (χ1v) is 4.04. The first-order chi connectivity index (χ1) is 5.72. The monoisotopic (exact) mass is 187 g/mol. The molecule has 76 valence electrons. The summed E-state index contributed by atoms with van der Waals surface area (Å²) < 4.78 is 5.04. The van der Waals surface area contributed by atoms with Crippen molar-refractivity contribution in [2.45, 2.75) is 39.3 Å². The summed E-state index contributed by atoms with van der Waals surface area (Å²) >= 11 is 0. The number of guanidine groups is 1. The van der Waals surface area contributed by atoms with Crippen LogP contribution in [0.4, 0.5) is 0 Å². The molecule has 0 fully saturated rings. The van der Waals surface area contributed by atoms with E-state index in [2.05, 4.69) is 4.99 Å². The van der Waals surface area contributed by atoms with Crippen molar-refractivity contribution >= 4 is 11.9 Å². The Morgan fingerprint density at radius 2 is 1.85 bits per heavy atom. The summed E-state index contributed by atoms with van der Waals surface area (Å²) in [5.74, 6) is -0.542. The minimum absolute atomic E-state index is 0.113. The van der Waals surface area contributed by atoms with E-state index >= 15 is 0 Å². The van der Waals surface area contributed by atoms with Crippen LogP contribution in [0.15, 0.2) is 4.99 Å². The fraction of sp³-hybridized carbons (Fsp3) is 0.750. The van der Waals surface area contributed by atoms with Crippen molar-refractivity contribution < 1.29 is 9.53 Å². The highest BCUT2D eigenvalue weighted by molar-refractivity contribution is 5.82. The zero-order valence-electron chi connectivity index (χ0n) is 8.50. The van der Waals surface area contributed by atoms with Crippen LogP contribution in [0.25, 0.3) is 0 Å². The van der Waals surface area contributed by atoms with E-state index in [-0.39, 0.29) is 5.96 Å². The highest BCUT2D eigenvalue weighted by Crippen LogP contribution is 2.09. The Hall–Kier alpha value is -1.26. The molecule has 0 saturated heterocycles. The van der Waals surface area contributed by atoms with Gasteiger partial charge in [-0.25, -0.2) is 9.79 Å². The van der Waals surface area contributed by atoms with Gasteiger partial charge in [-0.1, -0.05) is 0 Å². The molecule has 0 aliphatic heterocycles. The number of nitrogens with two attached hydrogens (primary N) is 2. The van der Waals surface area contributed by atoms with E-state index in [9.17, 15) is 4.79 Å². The predicted molar refractivity (Wildman–Crippen MR) is 51.1 cm³/mol. The zero-order chi connectivity index (χ0) is 10.6. The highest BCUT2D eigenvalue weighted by atomic mass is 16.6. The fourth-order valence-corrected chi connectivity index (χ4v) is 0.663. The Kier molecular flexibility index (Phi) is 3.71. The molecule has 0 spiro atoms. The second-order valence-electron chi connectivity index (χ2n) is 3.76. The molecule has 5 nitrogen and oxygen atoms in total. The molecule has 1 unspecified atom stereocenters. The van der Waals surface area contributed by atoms with Crippen LogP contribution in [0.1, 0.15) is 27.7 Å². The van der Waals surface area contributed by atoms with Crippen molar-refractivity contribution in [3.05, 3.63) is 0 Å². The topological polar surface area (TPSA) is 90.7 Å². The molecular weight excluding hydrogens is 170 g/mol. The van der Waals surface area contributed by atoms with Gasteiger partial charge in [0.25, 0.3) is 0 Å². The molecule has 5 heteroatoms. The Morgan fingerprint density at radius 3 is 2.15 bits per heavy atom. The van der Waals surface area contributed by atoms with E-state index in [1.807, 2.05) is 0 Å². The molecule has 0 heterocycles. The molecule has 1 atom stereocenters. The molecule has 13 heavy (non-hydrogen) atoms. The van der Waals surface area contributed by atoms with Crippen molar-refractivity contribution in [1.29, 1.82) is 0 Å². The summed E-state index contributed by atoms with van der Waals surface area (Å²) in [6.07, 6.45) is 0.